The van der Waals surface area contributed by atoms with Crippen molar-refractivity contribution in [3.63, 3.8) is 0 Å². The van der Waals surface area contributed by atoms with Gasteiger partial charge in [0.15, 0.2) is 0 Å². The van der Waals surface area contributed by atoms with Crippen LogP contribution >= 0.6 is 0 Å². The van der Waals surface area contributed by atoms with E-state index in [1.165, 1.54) is 50.7 Å². The zero-order valence-corrected chi connectivity index (χ0v) is 26.3. The molecule has 0 aromatic heterocycles. The minimum Gasteiger partial charge on any atom is -0.458 e. The van der Waals surface area contributed by atoms with Crippen molar-refractivity contribution < 1.29 is 41.6 Å². The van der Waals surface area contributed by atoms with Crippen LogP contribution in [0.2, 0.25) is 0 Å². The van der Waals surface area contributed by atoms with Crippen molar-refractivity contribution in [2.24, 2.45) is 41.4 Å². The molecular formula is C33H44O9S. The van der Waals surface area contributed by atoms with Gasteiger partial charge in [-0.05, 0) is 85.0 Å². The maximum atomic E-state index is 13.9. The molecule has 1 aromatic carbocycles. The lowest BCUT2D eigenvalue weighted by molar-refractivity contribution is -0.164. The molecule has 8 atom stereocenters. The van der Waals surface area contributed by atoms with Crippen molar-refractivity contribution in [3.8, 4) is 5.75 Å². The quantitative estimate of drug-likeness (QED) is 0.208. The van der Waals surface area contributed by atoms with Gasteiger partial charge in [0.2, 0.25) is 0 Å². The highest BCUT2D eigenvalue weighted by atomic mass is 32.2. The molecule has 1 aliphatic heterocycles. The molecule has 236 valence electrons. The minimum absolute atomic E-state index is 0.207. The van der Waals surface area contributed by atoms with Crippen LogP contribution in [0.25, 0.3) is 0 Å². The number of benzene rings is 1. The normalized spacial score (nSPS) is 34.5. The van der Waals surface area contributed by atoms with Crippen molar-refractivity contribution in [2.75, 3.05) is 0 Å². The van der Waals surface area contributed by atoms with Crippen LogP contribution in [0.3, 0.4) is 0 Å². The molecule has 0 spiro atoms. The predicted octanol–water partition coefficient (Wildman–Crippen LogP) is 5.80. The van der Waals surface area contributed by atoms with Gasteiger partial charge in [0.05, 0.1) is 16.7 Å². The van der Waals surface area contributed by atoms with E-state index in [9.17, 15) is 27.4 Å². The van der Waals surface area contributed by atoms with Gasteiger partial charge in [-0.15, -0.1) is 0 Å². The highest BCUT2D eigenvalue weighted by molar-refractivity contribution is 7.85. The van der Waals surface area contributed by atoms with Crippen LogP contribution in [0.4, 0.5) is 0 Å². The Kier molecular flexibility index (Phi) is 8.16. The lowest BCUT2D eigenvalue weighted by Gasteiger charge is -2.39. The zero-order chi connectivity index (χ0) is 30.8. The number of carbonyl (C=O) groups excluding carboxylic acids is 3. The largest absolute Gasteiger partial charge is 0.458 e. The molecule has 0 amide bonds. The summed E-state index contributed by atoms with van der Waals surface area (Å²) in [5, 5.41) is 0. The molecule has 5 fully saturated rings. The molecule has 6 rings (SSSR count). The number of carbonyl (C=O) groups is 3. The molecule has 9 nitrogen and oxygen atoms in total. The van der Waals surface area contributed by atoms with Crippen LogP contribution in [-0.2, 0) is 34.0 Å². The van der Waals surface area contributed by atoms with E-state index in [-0.39, 0.29) is 40.3 Å². The monoisotopic (exact) mass is 616 g/mol. The van der Waals surface area contributed by atoms with E-state index in [4.69, 9.17) is 14.2 Å². The van der Waals surface area contributed by atoms with E-state index in [1.54, 1.807) is 0 Å². The summed E-state index contributed by atoms with van der Waals surface area (Å²) in [5.74, 6) is -1.51. The Morgan fingerprint density at radius 2 is 1.60 bits per heavy atom. The highest BCUT2D eigenvalue weighted by Crippen LogP contribution is 2.59. The van der Waals surface area contributed by atoms with Crippen molar-refractivity contribution >= 4 is 28.0 Å². The summed E-state index contributed by atoms with van der Waals surface area (Å²) < 4.78 is 51.5. The van der Waals surface area contributed by atoms with Gasteiger partial charge in [-0.2, -0.15) is 8.42 Å². The first-order valence-corrected chi connectivity index (χ1v) is 17.5. The highest BCUT2D eigenvalue weighted by Gasteiger charge is 2.70. The average Bonchev–Trinajstić information content (AvgIpc) is 3.55. The SMILES string of the molecule is CC(C)c1cc(S(=O)(=O)O)cc(C(C)C)c1OC(=O)C1C2CC3C(OC(=O)C31)C2OC(=O)CCC1CC2CCCC(C2)C1. The van der Waals surface area contributed by atoms with E-state index in [1.807, 2.05) is 27.7 Å². The fourth-order valence-corrected chi connectivity index (χ4v) is 9.60. The van der Waals surface area contributed by atoms with E-state index in [2.05, 4.69) is 0 Å². The Morgan fingerprint density at radius 3 is 2.19 bits per heavy atom. The number of esters is 3. The Labute approximate surface area is 254 Å². The van der Waals surface area contributed by atoms with Crippen LogP contribution < -0.4 is 4.74 Å². The summed E-state index contributed by atoms with van der Waals surface area (Å²) in [7, 11) is -4.48. The third-order valence-corrected chi connectivity index (χ3v) is 11.8. The lowest BCUT2D eigenvalue weighted by atomic mass is 9.67. The molecule has 1 N–H and O–H groups in total. The molecule has 10 heteroatoms. The Balaban J connectivity index is 1.18. The maximum Gasteiger partial charge on any atom is 0.315 e. The Bertz CT molecular complexity index is 1360. The first-order valence-electron chi connectivity index (χ1n) is 16.1. The predicted molar refractivity (Wildman–Crippen MR) is 156 cm³/mol. The molecule has 1 saturated heterocycles. The second kappa shape index (κ2) is 11.5. The van der Waals surface area contributed by atoms with Gasteiger partial charge in [0, 0.05) is 18.3 Å². The van der Waals surface area contributed by atoms with Gasteiger partial charge in [-0.1, -0.05) is 47.0 Å². The smallest absolute Gasteiger partial charge is 0.315 e. The van der Waals surface area contributed by atoms with Crippen molar-refractivity contribution in [1.82, 2.24) is 0 Å². The van der Waals surface area contributed by atoms with Gasteiger partial charge in [-0.25, -0.2) is 0 Å². The molecule has 0 radical (unpaired) electrons. The van der Waals surface area contributed by atoms with Gasteiger partial charge in [0.1, 0.15) is 18.0 Å². The Morgan fingerprint density at radius 1 is 0.977 bits per heavy atom. The topological polar surface area (TPSA) is 133 Å². The second-order valence-corrected chi connectivity index (χ2v) is 15.8. The van der Waals surface area contributed by atoms with Crippen LogP contribution in [0, 0.1) is 41.4 Å². The summed E-state index contributed by atoms with van der Waals surface area (Å²) in [6.07, 6.45) is 8.11. The third kappa shape index (κ3) is 5.74. The maximum absolute atomic E-state index is 13.9. The first-order chi connectivity index (χ1) is 20.3. The molecule has 8 unspecified atom stereocenters. The lowest BCUT2D eigenvalue weighted by Crippen LogP contribution is -2.44. The number of fused-ring (bicyclic) bond motifs is 3. The van der Waals surface area contributed by atoms with E-state index in [0.29, 0.717) is 29.9 Å². The van der Waals surface area contributed by atoms with Crippen LogP contribution in [0.15, 0.2) is 17.0 Å². The molecule has 4 bridgehead atoms. The second-order valence-electron chi connectivity index (χ2n) is 14.4. The van der Waals surface area contributed by atoms with Gasteiger partial charge >= 0.3 is 17.9 Å². The standard InChI is InChI=1S/C33H44O9S/c1-16(2)22-13-21(43(37,38)39)14-23(17(3)4)29(22)41-32(35)27-24-15-25-28(27)33(36)42-31(25)30(24)40-26(34)9-8-20-11-18-6-5-7-19(10-18)12-20/h13-14,16-20,24-25,27-28,30-31H,5-12,15H2,1-4H3,(H,37,38,39). The molecule has 43 heavy (non-hydrogen) atoms. The average molecular weight is 617 g/mol. The summed E-state index contributed by atoms with van der Waals surface area (Å²) in [6, 6.07) is 2.67. The number of rotatable bonds is 9. The summed E-state index contributed by atoms with van der Waals surface area (Å²) in [4.78, 5) is 39.7. The van der Waals surface area contributed by atoms with Gasteiger partial charge in [-0.3, -0.25) is 18.9 Å². The van der Waals surface area contributed by atoms with E-state index < -0.39 is 46.1 Å². The van der Waals surface area contributed by atoms with Crippen molar-refractivity contribution in [2.45, 2.75) is 114 Å². The van der Waals surface area contributed by atoms with Crippen LogP contribution in [-0.4, -0.2) is 43.1 Å². The fraction of sp³-hybridized carbons (Fsp3) is 0.727. The molecule has 1 heterocycles. The molecule has 1 aromatic rings. The Hall–Kier alpha value is -2.46. The number of hydrogen-bond donors (Lipinski definition) is 1. The van der Waals surface area contributed by atoms with Crippen molar-refractivity contribution in [3.05, 3.63) is 23.3 Å². The fourth-order valence-electron chi connectivity index (χ4n) is 9.05. The summed E-state index contributed by atoms with van der Waals surface area (Å²) in [6.45, 7) is 7.37. The minimum atomic E-state index is -4.48. The molecule has 4 saturated carbocycles. The number of hydrogen-bond acceptors (Lipinski definition) is 8. The third-order valence-electron chi connectivity index (χ3n) is 10.9. The first kappa shape index (κ1) is 30.6. The molecular weight excluding hydrogens is 572 g/mol. The van der Waals surface area contributed by atoms with E-state index in [0.717, 1.165) is 18.3 Å². The van der Waals surface area contributed by atoms with Crippen LogP contribution in [0.5, 0.6) is 5.75 Å². The van der Waals surface area contributed by atoms with Gasteiger partial charge < -0.3 is 14.2 Å². The molecule has 5 aliphatic rings. The summed E-state index contributed by atoms with van der Waals surface area (Å²) >= 11 is 0. The van der Waals surface area contributed by atoms with Crippen LogP contribution in [0.1, 0.15) is 108 Å². The number of ether oxygens (including phenoxy) is 3. The van der Waals surface area contributed by atoms with Gasteiger partial charge in [0.25, 0.3) is 10.1 Å². The summed E-state index contributed by atoms with van der Waals surface area (Å²) in [5.41, 5.74) is 0.939. The zero-order valence-electron chi connectivity index (χ0n) is 25.5. The molecule has 4 aliphatic carbocycles. The van der Waals surface area contributed by atoms with Crippen molar-refractivity contribution in [1.29, 1.82) is 0 Å². The van der Waals surface area contributed by atoms with E-state index >= 15 is 0 Å².